The standard InChI is InChI=1S/C16H20F3N3O3S/c17-16(18,19)26(24,25)22-9-6-12(7-10-22)21-15(23)13-5-1-3-11-4-2-8-20-14(11)13/h2,4,8,12-13H,1,3,5-7,9-10H2,(H,21,23). The number of piperidine rings is 1. The molecule has 0 bridgehead atoms. The predicted octanol–water partition coefficient (Wildman–Crippen LogP) is 1.93. The number of nitrogens with zero attached hydrogens (tertiary/aromatic N) is 2. The Labute approximate surface area is 149 Å². The number of sulfonamides is 1. The second-order valence-corrected chi connectivity index (χ2v) is 8.55. The molecule has 1 fully saturated rings. The molecule has 1 amide bonds. The van der Waals surface area contributed by atoms with Crippen molar-refractivity contribution < 1.29 is 26.4 Å². The minimum absolute atomic E-state index is 0.156. The second-order valence-electron chi connectivity index (χ2n) is 6.63. The van der Waals surface area contributed by atoms with E-state index in [1.165, 1.54) is 0 Å². The van der Waals surface area contributed by atoms with Crippen LogP contribution in [0, 0.1) is 0 Å². The van der Waals surface area contributed by atoms with E-state index >= 15 is 0 Å². The molecular formula is C16H20F3N3O3S. The average Bonchev–Trinajstić information content (AvgIpc) is 2.60. The van der Waals surface area contributed by atoms with Crippen molar-refractivity contribution >= 4 is 15.9 Å². The van der Waals surface area contributed by atoms with E-state index in [0.29, 0.717) is 10.7 Å². The van der Waals surface area contributed by atoms with Gasteiger partial charge in [-0.05, 0) is 43.7 Å². The summed E-state index contributed by atoms with van der Waals surface area (Å²) >= 11 is 0. The van der Waals surface area contributed by atoms with Crippen LogP contribution in [0.25, 0.3) is 0 Å². The van der Waals surface area contributed by atoms with Gasteiger partial charge in [-0.15, -0.1) is 0 Å². The molecule has 1 aliphatic heterocycles. The van der Waals surface area contributed by atoms with Gasteiger partial charge in [-0.2, -0.15) is 17.5 Å². The third-order valence-electron chi connectivity index (χ3n) is 4.94. The number of nitrogens with one attached hydrogen (secondary N) is 1. The van der Waals surface area contributed by atoms with Gasteiger partial charge in [-0.25, -0.2) is 8.42 Å². The number of amides is 1. The fourth-order valence-electron chi connectivity index (χ4n) is 3.55. The van der Waals surface area contributed by atoms with Crippen LogP contribution in [0.15, 0.2) is 18.3 Å². The lowest BCUT2D eigenvalue weighted by Crippen LogP contribution is -2.50. The molecule has 1 aliphatic carbocycles. The van der Waals surface area contributed by atoms with Gasteiger partial charge in [-0.3, -0.25) is 9.78 Å². The third kappa shape index (κ3) is 3.71. The van der Waals surface area contributed by atoms with Gasteiger partial charge in [-0.1, -0.05) is 6.07 Å². The molecule has 0 aromatic carbocycles. The first-order chi connectivity index (χ1) is 12.2. The molecule has 1 atom stereocenters. The summed E-state index contributed by atoms with van der Waals surface area (Å²) in [7, 11) is -5.30. The first-order valence-corrected chi connectivity index (χ1v) is 9.95. The molecule has 1 unspecified atom stereocenters. The largest absolute Gasteiger partial charge is 0.511 e. The van der Waals surface area contributed by atoms with Gasteiger partial charge in [0.1, 0.15) is 0 Å². The number of carbonyl (C=O) groups excluding carboxylic acids is 1. The van der Waals surface area contributed by atoms with Gasteiger partial charge >= 0.3 is 15.5 Å². The molecule has 1 saturated heterocycles. The van der Waals surface area contributed by atoms with E-state index in [4.69, 9.17) is 0 Å². The Bertz CT molecular complexity index is 774. The monoisotopic (exact) mass is 391 g/mol. The average molecular weight is 391 g/mol. The van der Waals surface area contributed by atoms with Gasteiger partial charge in [0.15, 0.2) is 0 Å². The SMILES string of the molecule is O=C(NC1CCN(S(=O)(=O)C(F)(F)F)CC1)C1CCCc2cccnc21. The van der Waals surface area contributed by atoms with Crippen LogP contribution >= 0.6 is 0 Å². The Morgan fingerprint density at radius 2 is 1.92 bits per heavy atom. The summed E-state index contributed by atoms with van der Waals surface area (Å²) in [6.07, 6.45) is 4.38. The van der Waals surface area contributed by atoms with Gasteiger partial charge in [0.2, 0.25) is 5.91 Å². The number of aromatic nitrogens is 1. The molecule has 2 aliphatic rings. The quantitative estimate of drug-likeness (QED) is 0.854. The number of hydrogen-bond donors (Lipinski definition) is 1. The summed E-state index contributed by atoms with van der Waals surface area (Å²) in [5, 5.41) is 2.86. The number of carbonyl (C=O) groups is 1. The number of pyridine rings is 1. The molecule has 6 nitrogen and oxygen atoms in total. The van der Waals surface area contributed by atoms with E-state index in [1.807, 2.05) is 12.1 Å². The Morgan fingerprint density at radius 1 is 1.23 bits per heavy atom. The van der Waals surface area contributed by atoms with Crippen LogP contribution in [0.1, 0.15) is 42.9 Å². The lowest BCUT2D eigenvalue weighted by atomic mass is 9.86. The van der Waals surface area contributed by atoms with Crippen LogP contribution in [-0.2, 0) is 21.2 Å². The molecule has 1 aromatic heterocycles. The molecule has 0 radical (unpaired) electrons. The topological polar surface area (TPSA) is 79.4 Å². The summed E-state index contributed by atoms with van der Waals surface area (Å²) in [6, 6.07) is 3.44. The van der Waals surface area contributed by atoms with E-state index < -0.39 is 15.5 Å². The fourth-order valence-corrected chi connectivity index (χ4v) is 4.54. The first kappa shape index (κ1) is 19.1. The van der Waals surface area contributed by atoms with Crippen molar-refractivity contribution in [2.24, 2.45) is 0 Å². The minimum Gasteiger partial charge on any atom is -0.353 e. The number of halogens is 3. The van der Waals surface area contributed by atoms with E-state index in [9.17, 15) is 26.4 Å². The summed E-state index contributed by atoms with van der Waals surface area (Å²) < 4.78 is 61.1. The van der Waals surface area contributed by atoms with Crippen molar-refractivity contribution in [2.75, 3.05) is 13.1 Å². The van der Waals surface area contributed by atoms with Crippen LogP contribution in [-0.4, -0.2) is 48.3 Å². The van der Waals surface area contributed by atoms with Gasteiger partial charge in [0, 0.05) is 25.3 Å². The van der Waals surface area contributed by atoms with E-state index in [0.717, 1.165) is 24.1 Å². The highest BCUT2D eigenvalue weighted by atomic mass is 32.2. The molecule has 1 N–H and O–H groups in total. The maximum absolute atomic E-state index is 12.6. The zero-order valence-electron chi connectivity index (χ0n) is 14.0. The molecule has 3 rings (SSSR count). The normalized spacial score (nSPS) is 22.7. The second kappa shape index (κ2) is 7.15. The third-order valence-corrected chi connectivity index (χ3v) is 6.57. The highest BCUT2D eigenvalue weighted by Crippen LogP contribution is 2.31. The van der Waals surface area contributed by atoms with Gasteiger partial charge in [0.25, 0.3) is 0 Å². The van der Waals surface area contributed by atoms with Crippen molar-refractivity contribution in [3.63, 3.8) is 0 Å². The summed E-state index contributed by atoms with van der Waals surface area (Å²) in [5.74, 6) is -0.557. The zero-order chi connectivity index (χ0) is 18.9. The highest BCUT2D eigenvalue weighted by molar-refractivity contribution is 7.90. The Morgan fingerprint density at radius 3 is 2.58 bits per heavy atom. The lowest BCUT2D eigenvalue weighted by Gasteiger charge is -2.33. The van der Waals surface area contributed by atoms with Gasteiger partial charge in [0.05, 0.1) is 11.6 Å². The Balaban J connectivity index is 1.60. The summed E-state index contributed by atoms with van der Waals surface area (Å²) in [4.78, 5) is 16.9. The number of hydrogen-bond acceptors (Lipinski definition) is 4. The molecule has 2 heterocycles. The minimum atomic E-state index is -5.30. The van der Waals surface area contributed by atoms with Crippen LogP contribution < -0.4 is 5.32 Å². The number of rotatable bonds is 3. The fraction of sp³-hybridized carbons (Fsp3) is 0.625. The molecule has 1 aromatic rings. The lowest BCUT2D eigenvalue weighted by molar-refractivity contribution is -0.124. The van der Waals surface area contributed by atoms with Crippen molar-refractivity contribution in [1.29, 1.82) is 0 Å². The Kier molecular flexibility index (Phi) is 5.25. The van der Waals surface area contributed by atoms with Crippen molar-refractivity contribution in [2.45, 2.75) is 49.6 Å². The van der Waals surface area contributed by atoms with Crippen LogP contribution in [0.4, 0.5) is 13.2 Å². The van der Waals surface area contributed by atoms with Crippen LogP contribution in [0.3, 0.4) is 0 Å². The predicted molar refractivity (Wildman–Crippen MR) is 87.6 cm³/mol. The maximum atomic E-state index is 12.6. The Hall–Kier alpha value is -1.68. The molecule has 144 valence electrons. The van der Waals surface area contributed by atoms with Gasteiger partial charge < -0.3 is 5.32 Å². The number of aryl methyl sites for hydroxylation is 1. The zero-order valence-corrected chi connectivity index (χ0v) is 14.8. The molecular weight excluding hydrogens is 371 g/mol. The number of fused-ring (bicyclic) bond motifs is 1. The van der Waals surface area contributed by atoms with E-state index in [2.05, 4.69) is 10.3 Å². The van der Waals surface area contributed by atoms with Crippen LogP contribution in [0.2, 0.25) is 0 Å². The van der Waals surface area contributed by atoms with E-state index in [1.54, 1.807) is 6.20 Å². The smallest absolute Gasteiger partial charge is 0.353 e. The maximum Gasteiger partial charge on any atom is 0.511 e. The number of alkyl halides is 3. The van der Waals surface area contributed by atoms with Crippen LogP contribution in [0.5, 0.6) is 0 Å². The van der Waals surface area contributed by atoms with E-state index in [-0.39, 0.29) is 43.8 Å². The van der Waals surface area contributed by atoms with Crippen molar-refractivity contribution in [3.05, 3.63) is 29.6 Å². The molecule has 26 heavy (non-hydrogen) atoms. The molecule has 0 spiro atoms. The van der Waals surface area contributed by atoms with Crippen molar-refractivity contribution in [1.82, 2.24) is 14.6 Å². The summed E-state index contributed by atoms with van der Waals surface area (Å²) in [5.41, 5.74) is -3.49. The molecule has 10 heteroatoms. The summed E-state index contributed by atoms with van der Waals surface area (Å²) in [6.45, 7) is -0.515. The van der Waals surface area contributed by atoms with Crippen molar-refractivity contribution in [3.8, 4) is 0 Å². The highest BCUT2D eigenvalue weighted by Gasteiger charge is 2.50. The molecule has 0 saturated carbocycles. The first-order valence-electron chi connectivity index (χ1n) is 8.51.